The monoisotopic (exact) mass is 421 g/mol. The summed E-state index contributed by atoms with van der Waals surface area (Å²) in [6.07, 6.45) is 3.13. The molecule has 2 aromatic heterocycles. The molecule has 0 spiro atoms. The zero-order valence-electron chi connectivity index (χ0n) is 16.3. The van der Waals surface area contributed by atoms with Crippen LogP contribution in [0.3, 0.4) is 0 Å². The average Bonchev–Trinajstić information content (AvgIpc) is 3.19. The maximum Gasteiger partial charge on any atom is 0.262 e. The van der Waals surface area contributed by atoms with Gasteiger partial charge >= 0.3 is 0 Å². The van der Waals surface area contributed by atoms with Gasteiger partial charge in [-0.25, -0.2) is 13.4 Å². The van der Waals surface area contributed by atoms with Crippen LogP contribution in [-0.4, -0.2) is 28.9 Å². The van der Waals surface area contributed by atoms with E-state index in [-0.39, 0.29) is 10.5 Å². The van der Waals surface area contributed by atoms with Gasteiger partial charge in [-0.2, -0.15) is 9.61 Å². The van der Waals surface area contributed by atoms with Crippen LogP contribution in [0, 0.1) is 13.8 Å². The van der Waals surface area contributed by atoms with E-state index in [1.165, 1.54) is 10.6 Å². The molecule has 30 heavy (non-hydrogen) atoms. The molecule has 0 saturated carbocycles. The van der Waals surface area contributed by atoms with Crippen LogP contribution in [0.25, 0.3) is 5.65 Å². The molecule has 152 valence electrons. The minimum Gasteiger partial charge on any atom is -0.306 e. The molecule has 0 unspecified atom stereocenters. The van der Waals surface area contributed by atoms with Gasteiger partial charge in [-0.15, -0.1) is 0 Å². The molecule has 9 heteroatoms. The topological polar surface area (TPSA) is 105 Å². The molecule has 0 aliphatic carbocycles. The van der Waals surface area contributed by atoms with Gasteiger partial charge < -0.3 is 5.32 Å². The number of aryl methyl sites for hydroxylation is 2. The number of rotatable bonds is 5. The number of aromatic nitrogens is 3. The largest absolute Gasteiger partial charge is 0.306 e. The van der Waals surface area contributed by atoms with Crippen LogP contribution in [0.1, 0.15) is 21.5 Å². The van der Waals surface area contributed by atoms with Crippen molar-refractivity contribution >= 4 is 33.1 Å². The second kappa shape index (κ2) is 7.60. The number of amides is 1. The summed E-state index contributed by atoms with van der Waals surface area (Å²) in [6.45, 7) is 3.60. The van der Waals surface area contributed by atoms with Gasteiger partial charge in [-0.3, -0.25) is 9.52 Å². The number of hydrogen-bond donors (Lipinski definition) is 2. The Bertz CT molecular complexity index is 1340. The first kappa shape index (κ1) is 19.6. The molecular weight excluding hydrogens is 402 g/mol. The van der Waals surface area contributed by atoms with Gasteiger partial charge in [0.05, 0.1) is 11.1 Å². The number of carbonyl (C=O) groups is 1. The van der Waals surface area contributed by atoms with E-state index in [0.29, 0.717) is 22.7 Å². The molecule has 2 aromatic carbocycles. The van der Waals surface area contributed by atoms with Crippen molar-refractivity contribution in [3.63, 3.8) is 0 Å². The summed E-state index contributed by atoms with van der Waals surface area (Å²) >= 11 is 0. The van der Waals surface area contributed by atoms with E-state index in [2.05, 4.69) is 20.1 Å². The molecule has 8 nitrogen and oxygen atoms in total. The summed E-state index contributed by atoms with van der Waals surface area (Å²) in [5.41, 5.74) is 2.80. The Hall–Kier alpha value is -3.72. The zero-order chi connectivity index (χ0) is 21.3. The van der Waals surface area contributed by atoms with Crippen LogP contribution in [0.4, 0.5) is 11.5 Å². The molecule has 4 rings (SSSR count). The van der Waals surface area contributed by atoms with Gasteiger partial charge in [-0.1, -0.05) is 23.8 Å². The number of benzene rings is 2. The normalized spacial score (nSPS) is 11.4. The summed E-state index contributed by atoms with van der Waals surface area (Å²) in [5.74, 6) is -0.0254. The van der Waals surface area contributed by atoms with Crippen molar-refractivity contribution in [2.45, 2.75) is 18.7 Å². The molecule has 0 aliphatic rings. The highest BCUT2D eigenvalue weighted by atomic mass is 32.2. The smallest absolute Gasteiger partial charge is 0.262 e. The van der Waals surface area contributed by atoms with Crippen molar-refractivity contribution in [2.24, 2.45) is 0 Å². The van der Waals surface area contributed by atoms with Crippen LogP contribution < -0.4 is 10.0 Å². The fraction of sp³-hybridized carbons (Fsp3) is 0.0952. The number of fused-ring (bicyclic) bond motifs is 1. The zero-order valence-corrected chi connectivity index (χ0v) is 17.1. The minimum absolute atomic E-state index is 0.0367. The van der Waals surface area contributed by atoms with E-state index in [1.807, 2.05) is 19.1 Å². The predicted molar refractivity (Wildman–Crippen MR) is 114 cm³/mol. The molecule has 0 saturated heterocycles. The lowest BCUT2D eigenvalue weighted by Gasteiger charge is -2.13. The van der Waals surface area contributed by atoms with Crippen LogP contribution in [0.2, 0.25) is 0 Å². The van der Waals surface area contributed by atoms with Gasteiger partial charge in [-0.05, 0) is 49.7 Å². The lowest BCUT2D eigenvalue weighted by Crippen LogP contribution is -2.18. The molecular formula is C21H19N5O3S. The van der Waals surface area contributed by atoms with E-state index in [4.69, 9.17) is 0 Å². The number of anilines is 2. The number of nitrogens with zero attached hydrogens (tertiary/aromatic N) is 3. The van der Waals surface area contributed by atoms with Gasteiger partial charge in [0.2, 0.25) is 0 Å². The van der Waals surface area contributed by atoms with Crippen LogP contribution in [0.5, 0.6) is 0 Å². The van der Waals surface area contributed by atoms with E-state index in [9.17, 15) is 13.2 Å². The first-order valence-corrected chi connectivity index (χ1v) is 10.6. The second-order valence-corrected chi connectivity index (χ2v) is 8.49. The van der Waals surface area contributed by atoms with Crippen molar-refractivity contribution in [2.75, 3.05) is 10.0 Å². The third-order valence-electron chi connectivity index (χ3n) is 4.58. The number of sulfonamides is 1. The molecule has 0 bridgehead atoms. The maximum absolute atomic E-state index is 12.9. The molecule has 0 aliphatic heterocycles. The van der Waals surface area contributed by atoms with Crippen molar-refractivity contribution in [3.05, 3.63) is 83.7 Å². The standard InChI is InChI=1S/C21H19N5O3S/c1-14-3-7-17(8-4-14)25-30(28,29)18-13-16(6-5-15(18)2)21(27)24-20-9-11-22-19-10-12-23-26(19)20/h3-13,25H,1-2H3,(H,24,27). The summed E-state index contributed by atoms with van der Waals surface area (Å²) in [6, 6.07) is 14.9. The van der Waals surface area contributed by atoms with Crippen molar-refractivity contribution in [1.29, 1.82) is 0 Å². The first-order valence-electron chi connectivity index (χ1n) is 9.14. The van der Waals surface area contributed by atoms with Gasteiger partial charge in [0.15, 0.2) is 5.65 Å². The Labute approximate surface area is 173 Å². The summed E-state index contributed by atoms with van der Waals surface area (Å²) in [5, 5.41) is 6.87. The molecule has 0 atom stereocenters. The Morgan fingerprint density at radius 2 is 1.73 bits per heavy atom. The molecule has 0 fully saturated rings. The molecule has 2 heterocycles. The Kier molecular flexibility index (Phi) is 4.96. The fourth-order valence-electron chi connectivity index (χ4n) is 2.98. The minimum atomic E-state index is -3.87. The Balaban J connectivity index is 1.63. The van der Waals surface area contributed by atoms with Crippen molar-refractivity contribution < 1.29 is 13.2 Å². The van der Waals surface area contributed by atoms with E-state index < -0.39 is 15.9 Å². The molecule has 4 aromatic rings. The number of nitrogens with one attached hydrogen (secondary N) is 2. The molecule has 0 radical (unpaired) electrons. The lowest BCUT2D eigenvalue weighted by atomic mass is 10.1. The van der Waals surface area contributed by atoms with Crippen LogP contribution in [-0.2, 0) is 10.0 Å². The fourth-order valence-corrected chi connectivity index (χ4v) is 4.31. The Morgan fingerprint density at radius 3 is 2.50 bits per heavy atom. The van der Waals surface area contributed by atoms with Gasteiger partial charge in [0.1, 0.15) is 5.82 Å². The predicted octanol–water partition coefficient (Wildman–Crippen LogP) is 3.40. The van der Waals surface area contributed by atoms with E-state index in [0.717, 1.165) is 5.56 Å². The number of carbonyl (C=O) groups excluding carboxylic acids is 1. The molecule has 1 amide bonds. The summed E-state index contributed by atoms with van der Waals surface area (Å²) < 4.78 is 29.9. The van der Waals surface area contributed by atoms with Crippen LogP contribution >= 0.6 is 0 Å². The van der Waals surface area contributed by atoms with Crippen LogP contribution in [0.15, 0.2) is 71.9 Å². The highest BCUT2D eigenvalue weighted by Crippen LogP contribution is 2.22. The third-order valence-corrected chi connectivity index (χ3v) is 6.10. The third kappa shape index (κ3) is 3.87. The quantitative estimate of drug-likeness (QED) is 0.514. The highest BCUT2D eigenvalue weighted by Gasteiger charge is 2.20. The van der Waals surface area contributed by atoms with Crippen molar-refractivity contribution in [3.8, 4) is 0 Å². The van der Waals surface area contributed by atoms with Gasteiger partial charge in [0, 0.05) is 23.5 Å². The lowest BCUT2D eigenvalue weighted by molar-refractivity contribution is 0.102. The number of hydrogen-bond acceptors (Lipinski definition) is 5. The second-order valence-electron chi connectivity index (χ2n) is 6.84. The first-order chi connectivity index (χ1) is 14.3. The summed E-state index contributed by atoms with van der Waals surface area (Å²) in [7, 11) is -3.87. The van der Waals surface area contributed by atoms with E-state index in [1.54, 1.807) is 55.7 Å². The summed E-state index contributed by atoms with van der Waals surface area (Å²) in [4.78, 5) is 17.0. The SMILES string of the molecule is Cc1ccc(NS(=O)(=O)c2cc(C(=O)Nc3ccnc4ccnn34)ccc2C)cc1. The maximum atomic E-state index is 12.9. The molecule has 2 N–H and O–H groups in total. The van der Waals surface area contributed by atoms with E-state index >= 15 is 0 Å². The van der Waals surface area contributed by atoms with Crippen molar-refractivity contribution in [1.82, 2.24) is 14.6 Å². The Morgan fingerprint density at radius 1 is 0.967 bits per heavy atom. The highest BCUT2D eigenvalue weighted by molar-refractivity contribution is 7.92. The average molecular weight is 421 g/mol. The van der Waals surface area contributed by atoms with Gasteiger partial charge in [0.25, 0.3) is 15.9 Å².